The van der Waals surface area contributed by atoms with E-state index in [1.54, 1.807) is 6.92 Å². The van der Waals surface area contributed by atoms with E-state index in [0.29, 0.717) is 11.6 Å². The van der Waals surface area contributed by atoms with E-state index in [9.17, 15) is 4.79 Å². The number of nitrogens with zero attached hydrogens (tertiary/aromatic N) is 2. The number of likely N-dealkylation sites (tertiary alicyclic amines) is 1. The van der Waals surface area contributed by atoms with Crippen molar-refractivity contribution in [3.8, 4) is 0 Å². The van der Waals surface area contributed by atoms with Crippen LogP contribution < -0.4 is 5.73 Å². The van der Waals surface area contributed by atoms with Gasteiger partial charge in [0.15, 0.2) is 5.69 Å². The average molecular weight is 237 g/mol. The minimum absolute atomic E-state index is 0.0393. The van der Waals surface area contributed by atoms with E-state index in [4.69, 9.17) is 10.2 Å². The van der Waals surface area contributed by atoms with Gasteiger partial charge in [0.25, 0.3) is 5.91 Å². The lowest BCUT2D eigenvalue weighted by Crippen LogP contribution is -2.32. The lowest BCUT2D eigenvalue weighted by molar-refractivity contribution is 0.0755. The molecule has 1 unspecified atom stereocenters. The fourth-order valence-corrected chi connectivity index (χ4v) is 2.03. The molecule has 5 heteroatoms. The molecule has 0 saturated carbocycles. The summed E-state index contributed by atoms with van der Waals surface area (Å²) < 4.78 is 5.19. The quantitative estimate of drug-likeness (QED) is 0.849. The smallest absolute Gasteiger partial charge is 0.275 e. The molecule has 5 nitrogen and oxygen atoms in total. The average Bonchev–Trinajstić information content (AvgIpc) is 2.65. The van der Waals surface area contributed by atoms with Crippen molar-refractivity contribution in [2.75, 3.05) is 13.1 Å². The second-order valence-corrected chi connectivity index (χ2v) is 4.57. The van der Waals surface area contributed by atoms with Gasteiger partial charge in [-0.15, -0.1) is 0 Å². The van der Waals surface area contributed by atoms with Crippen molar-refractivity contribution in [2.24, 2.45) is 5.73 Å². The number of carbonyl (C=O) groups excluding carboxylic acids is 1. The molecule has 1 aromatic heterocycles. The summed E-state index contributed by atoms with van der Waals surface area (Å²) in [5, 5.41) is 0. The number of oxazole rings is 1. The molecule has 94 valence electrons. The molecule has 1 amide bonds. The summed E-state index contributed by atoms with van der Waals surface area (Å²) in [5.74, 6) is 0.380. The second kappa shape index (κ2) is 5.31. The standard InChI is InChI=1S/C12H19N3O2/c1-9(13)11-14-10(8-17-11)12(16)15-6-4-2-3-5-7-15/h8-9H,2-7,13H2,1H3. The van der Waals surface area contributed by atoms with Crippen LogP contribution in [0.2, 0.25) is 0 Å². The molecule has 1 aromatic rings. The third kappa shape index (κ3) is 2.85. The molecule has 1 aliphatic heterocycles. The van der Waals surface area contributed by atoms with Gasteiger partial charge in [0.1, 0.15) is 6.26 Å². The number of rotatable bonds is 2. The number of carbonyl (C=O) groups is 1. The topological polar surface area (TPSA) is 72.4 Å². The van der Waals surface area contributed by atoms with Crippen molar-refractivity contribution in [2.45, 2.75) is 38.6 Å². The van der Waals surface area contributed by atoms with Crippen LogP contribution in [0.15, 0.2) is 10.7 Å². The van der Waals surface area contributed by atoms with Crippen LogP contribution in [0.25, 0.3) is 0 Å². The summed E-state index contributed by atoms with van der Waals surface area (Å²) in [6.07, 6.45) is 5.96. The monoisotopic (exact) mass is 237 g/mol. The molecule has 17 heavy (non-hydrogen) atoms. The summed E-state index contributed by atoms with van der Waals surface area (Å²) in [4.78, 5) is 18.1. The van der Waals surface area contributed by atoms with Gasteiger partial charge in [-0.1, -0.05) is 12.8 Å². The van der Waals surface area contributed by atoms with Crippen LogP contribution in [-0.2, 0) is 0 Å². The lowest BCUT2D eigenvalue weighted by Gasteiger charge is -2.18. The normalized spacial score (nSPS) is 18.8. The van der Waals surface area contributed by atoms with Gasteiger partial charge in [-0.25, -0.2) is 4.98 Å². The summed E-state index contributed by atoms with van der Waals surface area (Å²) in [5.41, 5.74) is 6.02. The Balaban J connectivity index is 2.06. The predicted octanol–water partition coefficient (Wildman–Crippen LogP) is 1.71. The molecule has 2 N–H and O–H groups in total. The first-order chi connectivity index (χ1) is 8.18. The zero-order chi connectivity index (χ0) is 12.3. The first kappa shape index (κ1) is 12.1. The van der Waals surface area contributed by atoms with Gasteiger partial charge in [0, 0.05) is 13.1 Å². The number of nitrogens with two attached hydrogens (primary N) is 1. The Morgan fingerprint density at radius 2 is 2.06 bits per heavy atom. The van der Waals surface area contributed by atoms with E-state index in [-0.39, 0.29) is 11.9 Å². The third-order valence-corrected chi connectivity index (χ3v) is 3.02. The molecule has 2 rings (SSSR count). The van der Waals surface area contributed by atoms with Gasteiger partial charge in [0.2, 0.25) is 5.89 Å². The van der Waals surface area contributed by atoms with E-state index >= 15 is 0 Å². The van der Waals surface area contributed by atoms with Crippen molar-refractivity contribution < 1.29 is 9.21 Å². The van der Waals surface area contributed by atoms with Gasteiger partial charge in [-0.05, 0) is 19.8 Å². The zero-order valence-electron chi connectivity index (χ0n) is 10.2. The maximum atomic E-state index is 12.2. The van der Waals surface area contributed by atoms with Crippen molar-refractivity contribution in [1.82, 2.24) is 9.88 Å². The van der Waals surface area contributed by atoms with Crippen molar-refractivity contribution >= 4 is 5.91 Å². The minimum atomic E-state index is -0.277. The highest BCUT2D eigenvalue weighted by atomic mass is 16.3. The number of aromatic nitrogens is 1. The SMILES string of the molecule is CC(N)c1nc(C(=O)N2CCCCCC2)co1. The fraction of sp³-hybridized carbons (Fsp3) is 0.667. The van der Waals surface area contributed by atoms with E-state index in [1.807, 2.05) is 4.90 Å². The van der Waals surface area contributed by atoms with Gasteiger partial charge < -0.3 is 15.1 Å². The predicted molar refractivity (Wildman–Crippen MR) is 63.5 cm³/mol. The van der Waals surface area contributed by atoms with Crippen LogP contribution in [0.4, 0.5) is 0 Å². The van der Waals surface area contributed by atoms with Crippen molar-refractivity contribution in [1.29, 1.82) is 0 Å². The molecule has 1 fully saturated rings. The highest BCUT2D eigenvalue weighted by Crippen LogP contribution is 2.15. The van der Waals surface area contributed by atoms with Crippen LogP contribution in [0.3, 0.4) is 0 Å². The molecule has 0 bridgehead atoms. The summed E-state index contributed by atoms with van der Waals surface area (Å²) in [6.45, 7) is 3.42. The molecule has 1 atom stereocenters. The third-order valence-electron chi connectivity index (χ3n) is 3.02. The molecule has 2 heterocycles. The molecule has 0 radical (unpaired) electrons. The molecular weight excluding hydrogens is 218 g/mol. The first-order valence-corrected chi connectivity index (χ1v) is 6.19. The van der Waals surface area contributed by atoms with Crippen LogP contribution in [-0.4, -0.2) is 28.9 Å². The minimum Gasteiger partial charge on any atom is -0.446 e. The van der Waals surface area contributed by atoms with E-state index in [0.717, 1.165) is 25.9 Å². The number of amides is 1. The molecule has 1 saturated heterocycles. The molecular formula is C12H19N3O2. The highest BCUT2D eigenvalue weighted by Gasteiger charge is 2.21. The highest BCUT2D eigenvalue weighted by molar-refractivity contribution is 5.92. The zero-order valence-corrected chi connectivity index (χ0v) is 10.2. The summed E-state index contributed by atoms with van der Waals surface area (Å²) in [7, 11) is 0. The molecule has 0 aliphatic carbocycles. The summed E-state index contributed by atoms with van der Waals surface area (Å²) >= 11 is 0. The lowest BCUT2D eigenvalue weighted by atomic mass is 10.2. The Labute approximate surface area is 101 Å². The van der Waals surface area contributed by atoms with Crippen LogP contribution >= 0.6 is 0 Å². The molecule has 1 aliphatic rings. The van der Waals surface area contributed by atoms with E-state index < -0.39 is 0 Å². The number of hydrogen-bond donors (Lipinski definition) is 1. The molecule has 0 spiro atoms. The number of hydrogen-bond acceptors (Lipinski definition) is 4. The van der Waals surface area contributed by atoms with Gasteiger partial charge >= 0.3 is 0 Å². The van der Waals surface area contributed by atoms with Crippen molar-refractivity contribution in [3.05, 3.63) is 17.8 Å². The first-order valence-electron chi connectivity index (χ1n) is 6.19. The Morgan fingerprint density at radius 1 is 1.41 bits per heavy atom. The molecule has 0 aromatic carbocycles. The summed E-state index contributed by atoms with van der Waals surface area (Å²) in [6, 6.07) is -0.277. The van der Waals surface area contributed by atoms with E-state index in [1.165, 1.54) is 19.1 Å². The van der Waals surface area contributed by atoms with Crippen LogP contribution in [0.1, 0.15) is 55.0 Å². The van der Waals surface area contributed by atoms with E-state index in [2.05, 4.69) is 4.98 Å². The van der Waals surface area contributed by atoms with Gasteiger partial charge in [-0.2, -0.15) is 0 Å². The van der Waals surface area contributed by atoms with Crippen molar-refractivity contribution in [3.63, 3.8) is 0 Å². The largest absolute Gasteiger partial charge is 0.446 e. The maximum absolute atomic E-state index is 12.2. The Bertz CT molecular complexity index is 379. The van der Waals surface area contributed by atoms with Gasteiger partial charge in [0.05, 0.1) is 6.04 Å². The fourth-order valence-electron chi connectivity index (χ4n) is 2.03. The second-order valence-electron chi connectivity index (χ2n) is 4.57. The van der Waals surface area contributed by atoms with Gasteiger partial charge in [-0.3, -0.25) is 4.79 Å². The van der Waals surface area contributed by atoms with Crippen LogP contribution in [0.5, 0.6) is 0 Å². The Morgan fingerprint density at radius 3 is 2.59 bits per heavy atom. The Hall–Kier alpha value is -1.36. The Kier molecular flexibility index (Phi) is 3.78. The van der Waals surface area contributed by atoms with Crippen LogP contribution in [0, 0.1) is 0 Å². The maximum Gasteiger partial charge on any atom is 0.275 e.